The van der Waals surface area contributed by atoms with Crippen LogP contribution in [0.5, 0.6) is 0 Å². The molecule has 308 valence electrons. The summed E-state index contributed by atoms with van der Waals surface area (Å²) in [6.07, 6.45) is 34.2. The number of hydrogen-bond donors (Lipinski definition) is 4. The Kier molecular flexibility index (Phi) is 25.6. The Balaban J connectivity index is 0.000000373. The first-order valence-corrected chi connectivity index (χ1v) is 24.1. The third kappa shape index (κ3) is 20.8. The molecule has 2 aromatic rings. The van der Waals surface area contributed by atoms with E-state index in [1.807, 2.05) is 0 Å². The molecule has 2 unspecified atom stereocenters. The summed E-state index contributed by atoms with van der Waals surface area (Å²) in [4.78, 5) is -0.358. The molecule has 0 radical (unpaired) electrons. The topological polar surface area (TPSA) is 163 Å². The van der Waals surface area contributed by atoms with E-state index in [1.165, 1.54) is 166 Å². The summed E-state index contributed by atoms with van der Waals surface area (Å²) < 4.78 is 66.6. The second kappa shape index (κ2) is 28.2. The van der Waals surface area contributed by atoms with E-state index >= 15 is 0 Å². The summed E-state index contributed by atoms with van der Waals surface area (Å²) in [5.74, 6) is 0. The molecule has 0 aromatic heterocycles. The first kappa shape index (κ1) is 49.9. The molecule has 0 saturated heterocycles. The van der Waals surface area contributed by atoms with Crippen LogP contribution in [-0.4, -0.2) is 76.0 Å². The zero-order valence-corrected chi connectivity index (χ0v) is 37.8. The van der Waals surface area contributed by atoms with E-state index in [0.29, 0.717) is 11.4 Å². The van der Waals surface area contributed by atoms with E-state index in [9.17, 15) is 25.9 Å². The molecule has 0 bridgehead atoms. The number of anilines is 4. The zero-order chi connectivity index (χ0) is 39.1. The fourth-order valence-corrected chi connectivity index (χ4v) is 8.33. The predicted octanol–water partition coefficient (Wildman–Crippen LogP) is 11.3. The molecule has 0 spiro atoms. The van der Waals surface area contributed by atoms with Crippen LogP contribution in [0.2, 0.25) is 0 Å². The summed E-state index contributed by atoms with van der Waals surface area (Å²) in [5.41, 5.74) is 3.14. The summed E-state index contributed by atoms with van der Waals surface area (Å²) in [7, 11) is -8.80. The number of fused-ring (bicyclic) bond motifs is 2. The molecule has 2 aliphatic rings. The molecule has 4 N–H and O–H groups in total. The maximum absolute atomic E-state index is 11.1. The van der Waals surface area contributed by atoms with Crippen LogP contribution in [0.1, 0.15) is 181 Å². The summed E-state index contributed by atoms with van der Waals surface area (Å²) >= 11 is 0. The van der Waals surface area contributed by atoms with Crippen molar-refractivity contribution < 1.29 is 25.9 Å². The zero-order valence-electron chi connectivity index (χ0n) is 34.0. The van der Waals surface area contributed by atoms with Crippen molar-refractivity contribution in [1.29, 1.82) is 0 Å². The maximum Gasteiger partial charge on any atom is 2.00 e. The molecule has 2 atom stereocenters. The van der Waals surface area contributed by atoms with Gasteiger partial charge in [-0.25, -0.2) is 16.8 Å². The van der Waals surface area contributed by atoms with Crippen molar-refractivity contribution in [3.63, 3.8) is 0 Å². The maximum atomic E-state index is 11.1. The standard InChI is InChI=1S/2C21H36N2O3S.Ca/c2*1-2-3-4-5-6-7-8-9-10-11-12-13-14-21-22-19-16-15-18(27(24,25)26)17-20(19)23-21;/h2*15-17,21-23H,2-14H2,1H3,(H,24,25,26);/q;;+2/p-2. The summed E-state index contributed by atoms with van der Waals surface area (Å²) in [5, 5.41) is 13.2. The normalized spacial score (nSPS) is 15.7. The predicted molar refractivity (Wildman–Crippen MR) is 228 cm³/mol. The van der Waals surface area contributed by atoms with Crippen LogP contribution in [-0.2, 0) is 20.2 Å². The van der Waals surface area contributed by atoms with E-state index in [0.717, 1.165) is 37.1 Å². The number of unbranched alkanes of at least 4 members (excludes halogenated alkanes) is 22. The Hall–Kier alpha value is -1.28. The number of hydrogen-bond acceptors (Lipinski definition) is 10. The molecule has 0 fully saturated rings. The van der Waals surface area contributed by atoms with Gasteiger partial charge in [-0.05, 0) is 62.1 Å². The van der Waals surface area contributed by atoms with Gasteiger partial charge in [0.2, 0.25) is 0 Å². The van der Waals surface area contributed by atoms with Gasteiger partial charge < -0.3 is 30.4 Å². The third-order valence-electron chi connectivity index (χ3n) is 10.6. The van der Waals surface area contributed by atoms with E-state index in [2.05, 4.69) is 35.1 Å². The third-order valence-corrected chi connectivity index (χ3v) is 12.2. The van der Waals surface area contributed by atoms with Crippen molar-refractivity contribution >= 4 is 80.7 Å². The van der Waals surface area contributed by atoms with Gasteiger partial charge in [0.25, 0.3) is 0 Å². The average Bonchev–Trinajstić information content (AvgIpc) is 3.75. The molecular formula is C42H70CaN4O6S2. The fraction of sp³-hybridized carbons (Fsp3) is 0.714. The molecule has 0 aliphatic carbocycles. The molecule has 0 saturated carbocycles. The number of nitrogens with one attached hydrogen (secondary N) is 4. The Morgan fingerprint density at radius 2 is 0.673 bits per heavy atom. The average molecular weight is 831 g/mol. The van der Waals surface area contributed by atoms with Gasteiger partial charge in [0, 0.05) is 0 Å². The van der Waals surface area contributed by atoms with E-state index in [1.54, 1.807) is 12.1 Å². The minimum Gasteiger partial charge on any atom is -0.744 e. The van der Waals surface area contributed by atoms with Crippen molar-refractivity contribution in [1.82, 2.24) is 0 Å². The Morgan fingerprint density at radius 3 is 0.945 bits per heavy atom. The van der Waals surface area contributed by atoms with Crippen LogP contribution in [0.3, 0.4) is 0 Å². The summed E-state index contributed by atoms with van der Waals surface area (Å²) in [6.45, 7) is 4.52. The molecule has 2 heterocycles. The van der Waals surface area contributed by atoms with Gasteiger partial charge in [0.05, 0.1) is 44.9 Å². The van der Waals surface area contributed by atoms with Gasteiger partial charge in [-0.2, -0.15) is 0 Å². The first-order valence-electron chi connectivity index (χ1n) is 21.3. The van der Waals surface area contributed by atoms with Crippen molar-refractivity contribution in [2.24, 2.45) is 0 Å². The number of rotatable bonds is 28. The molecule has 13 heteroatoms. The van der Waals surface area contributed by atoms with Gasteiger partial charge in [-0.1, -0.05) is 155 Å². The van der Waals surface area contributed by atoms with Gasteiger partial charge in [0.15, 0.2) is 0 Å². The minimum atomic E-state index is -4.40. The smallest absolute Gasteiger partial charge is 0.744 e. The van der Waals surface area contributed by atoms with Gasteiger partial charge in [0.1, 0.15) is 20.2 Å². The first-order chi connectivity index (χ1) is 26.0. The molecule has 2 aliphatic heterocycles. The van der Waals surface area contributed by atoms with E-state index in [-0.39, 0.29) is 59.9 Å². The van der Waals surface area contributed by atoms with Crippen LogP contribution >= 0.6 is 0 Å². The molecular weight excluding hydrogens is 761 g/mol. The van der Waals surface area contributed by atoms with Gasteiger partial charge in [-0.3, -0.25) is 0 Å². The van der Waals surface area contributed by atoms with E-state index in [4.69, 9.17) is 0 Å². The second-order valence-electron chi connectivity index (χ2n) is 15.4. The quantitative estimate of drug-likeness (QED) is 0.0369. The second-order valence-corrected chi connectivity index (χ2v) is 18.1. The van der Waals surface area contributed by atoms with Crippen LogP contribution in [0.4, 0.5) is 22.7 Å². The molecule has 4 rings (SSSR count). The monoisotopic (exact) mass is 830 g/mol. The minimum absolute atomic E-state index is 0. The van der Waals surface area contributed by atoms with Crippen LogP contribution in [0.15, 0.2) is 46.2 Å². The molecule has 55 heavy (non-hydrogen) atoms. The van der Waals surface area contributed by atoms with Gasteiger partial charge >= 0.3 is 37.7 Å². The van der Waals surface area contributed by atoms with Crippen molar-refractivity contribution in [3.8, 4) is 0 Å². The fourth-order valence-electron chi connectivity index (χ4n) is 7.34. The summed E-state index contributed by atoms with van der Waals surface area (Å²) in [6, 6.07) is 8.90. The molecule has 2 aromatic carbocycles. The Labute approximate surface area is 364 Å². The van der Waals surface area contributed by atoms with Crippen LogP contribution < -0.4 is 21.3 Å². The Bertz CT molecular complexity index is 1450. The SMILES string of the molecule is CCCCCCCCCCCCCCC1Nc2ccc(S(=O)(=O)[O-])cc2N1.CCCCCCCCCCCCCCC1Nc2ccc(S(=O)(=O)[O-])cc2N1.[Ca+2]. The van der Waals surface area contributed by atoms with Crippen molar-refractivity contribution in [3.05, 3.63) is 36.4 Å². The van der Waals surface area contributed by atoms with Crippen molar-refractivity contribution in [2.75, 3.05) is 21.3 Å². The molecule has 0 amide bonds. The van der Waals surface area contributed by atoms with Crippen LogP contribution in [0, 0.1) is 0 Å². The van der Waals surface area contributed by atoms with Crippen molar-refractivity contribution in [2.45, 2.75) is 203 Å². The van der Waals surface area contributed by atoms with E-state index < -0.39 is 20.2 Å². The van der Waals surface area contributed by atoms with Gasteiger partial charge in [-0.15, -0.1) is 0 Å². The molecule has 10 nitrogen and oxygen atoms in total. The van der Waals surface area contributed by atoms with Crippen LogP contribution in [0.25, 0.3) is 0 Å². The largest absolute Gasteiger partial charge is 2.00 e. The Morgan fingerprint density at radius 1 is 0.418 bits per heavy atom. The number of benzene rings is 2.